The Bertz CT molecular complexity index is 571. The Labute approximate surface area is 106 Å². The molecular formula is C8H7ClN6OS. The summed E-state index contributed by atoms with van der Waals surface area (Å²) < 4.78 is 1.48. The molecule has 2 heterocycles. The third kappa shape index (κ3) is 2.42. The first-order valence-corrected chi connectivity index (χ1v) is 5.70. The molecule has 0 amide bonds. The number of halogens is 1. The van der Waals surface area contributed by atoms with Crippen molar-refractivity contribution < 1.29 is 4.79 Å². The Morgan fingerprint density at radius 3 is 2.76 bits per heavy atom. The summed E-state index contributed by atoms with van der Waals surface area (Å²) in [4.78, 5) is 19.0. The summed E-state index contributed by atoms with van der Waals surface area (Å²) in [5.74, 6) is 0.484. The van der Waals surface area contributed by atoms with Crippen molar-refractivity contribution in [3.05, 3.63) is 16.5 Å². The Kier molecular flexibility index (Phi) is 3.34. The van der Waals surface area contributed by atoms with E-state index in [0.717, 1.165) is 11.8 Å². The lowest BCUT2D eigenvalue weighted by Crippen LogP contribution is -2.00. The number of aromatic nitrogens is 6. The lowest BCUT2D eigenvalue weighted by molar-refractivity contribution is 0.112. The zero-order valence-electron chi connectivity index (χ0n) is 8.96. The molecule has 7 nitrogen and oxygen atoms in total. The van der Waals surface area contributed by atoms with Gasteiger partial charge in [-0.15, -0.1) is 5.10 Å². The summed E-state index contributed by atoms with van der Waals surface area (Å²) in [6.45, 7) is 1.69. The molecule has 0 radical (unpaired) electrons. The van der Waals surface area contributed by atoms with Crippen molar-refractivity contribution in [2.45, 2.75) is 17.1 Å². The molecule has 0 saturated heterocycles. The van der Waals surface area contributed by atoms with E-state index in [1.54, 1.807) is 14.0 Å². The molecule has 0 aliphatic carbocycles. The maximum absolute atomic E-state index is 10.9. The van der Waals surface area contributed by atoms with Gasteiger partial charge in [0.2, 0.25) is 5.16 Å². The summed E-state index contributed by atoms with van der Waals surface area (Å²) in [7, 11) is 1.69. The van der Waals surface area contributed by atoms with Gasteiger partial charge in [-0.1, -0.05) is 11.6 Å². The second kappa shape index (κ2) is 4.76. The molecule has 88 valence electrons. The van der Waals surface area contributed by atoms with E-state index < -0.39 is 0 Å². The molecule has 0 unspecified atom stereocenters. The molecule has 0 aliphatic heterocycles. The van der Waals surface area contributed by atoms with E-state index in [0.29, 0.717) is 22.3 Å². The van der Waals surface area contributed by atoms with Crippen molar-refractivity contribution in [1.29, 1.82) is 0 Å². The van der Waals surface area contributed by atoms with Crippen LogP contribution in [0.1, 0.15) is 16.2 Å². The first-order valence-electron chi connectivity index (χ1n) is 4.51. The fraction of sp³-hybridized carbons (Fsp3) is 0.250. The summed E-state index contributed by atoms with van der Waals surface area (Å²) in [5.41, 5.74) is 0.241. The van der Waals surface area contributed by atoms with Crippen LogP contribution in [0.2, 0.25) is 5.15 Å². The fourth-order valence-corrected chi connectivity index (χ4v) is 2.26. The highest BCUT2D eigenvalue weighted by Gasteiger charge is 2.15. The van der Waals surface area contributed by atoms with E-state index >= 15 is 0 Å². The van der Waals surface area contributed by atoms with Gasteiger partial charge in [0.25, 0.3) is 0 Å². The molecule has 0 aliphatic rings. The van der Waals surface area contributed by atoms with Gasteiger partial charge >= 0.3 is 0 Å². The number of carbonyl (C=O) groups excluding carboxylic acids is 1. The van der Waals surface area contributed by atoms with Gasteiger partial charge in [-0.25, -0.2) is 14.6 Å². The SMILES string of the molecule is Cc1nc(Cl)c(C=O)c(Sc2nnnn2C)n1. The highest BCUT2D eigenvalue weighted by Crippen LogP contribution is 2.28. The predicted octanol–water partition coefficient (Wildman–Crippen LogP) is 0.926. The largest absolute Gasteiger partial charge is 0.298 e. The topological polar surface area (TPSA) is 86.5 Å². The molecule has 0 fully saturated rings. The number of hydrogen-bond acceptors (Lipinski definition) is 7. The van der Waals surface area contributed by atoms with Crippen LogP contribution in [0, 0.1) is 6.92 Å². The molecule has 0 bridgehead atoms. The van der Waals surface area contributed by atoms with Crippen LogP contribution < -0.4 is 0 Å². The van der Waals surface area contributed by atoms with Crippen LogP contribution in [0.5, 0.6) is 0 Å². The maximum Gasteiger partial charge on any atom is 0.215 e. The number of aryl methyl sites for hydroxylation is 2. The zero-order chi connectivity index (χ0) is 12.4. The van der Waals surface area contributed by atoms with Crippen molar-refractivity contribution in [2.24, 2.45) is 7.05 Å². The van der Waals surface area contributed by atoms with E-state index in [2.05, 4.69) is 25.5 Å². The lowest BCUT2D eigenvalue weighted by atomic mass is 10.4. The number of carbonyl (C=O) groups is 1. The van der Waals surface area contributed by atoms with Crippen LogP contribution in [0.15, 0.2) is 10.2 Å². The Balaban J connectivity index is 2.45. The van der Waals surface area contributed by atoms with Crippen molar-refractivity contribution in [3.8, 4) is 0 Å². The van der Waals surface area contributed by atoms with E-state index in [1.165, 1.54) is 4.68 Å². The van der Waals surface area contributed by atoms with Gasteiger partial charge in [-0.2, -0.15) is 0 Å². The minimum atomic E-state index is 0.130. The summed E-state index contributed by atoms with van der Waals surface area (Å²) in [6.07, 6.45) is 0.619. The van der Waals surface area contributed by atoms with Crippen molar-refractivity contribution in [2.75, 3.05) is 0 Å². The second-order valence-electron chi connectivity index (χ2n) is 3.09. The fourth-order valence-electron chi connectivity index (χ4n) is 1.09. The van der Waals surface area contributed by atoms with Gasteiger partial charge < -0.3 is 0 Å². The number of hydrogen-bond donors (Lipinski definition) is 0. The van der Waals surface area contributed by atoms with Crippen molar-refractivity contribution in [1.82, 2.24) is 30.2 Å². The minimum Gasteiger partial charge on any atom is -0.298 e. The molecule has 0 saturated carbocycles. The van der Waals surface area contributed by atoms with Crippen LogP contribution in [-0.4, -0.2) is 36.5 Å². The minimum absolute atomic E-state index is 0.130. The van der Waals surface area contributed by atoms with Crippen LogP contribution in [0.4, 0.5) is 0 Å². The number of nitrogens with zero attached hydrogens (tertiary/aromatic N) is 6. The van der Waals surface area contributed by atoms with Crippen LogP contribution >= 0.6 is 23.4 Å². The highest BCUT2D eigenvalue weighted by atomic mass is 35.5. The molecule has 9 heteroatoms. The third-order valence-corrected chi connectivity index (χ3v) is 3.18. The van der Waals surface area contributed by atoms with E-state index in [4.69, 9.17) is 11.6 Å². The van der Waals surface area contributed by atoms with Gasteiger partial charge in [0.1, 0.15) is 16.0 Å². The van der Waals surface area contributed by atoms with Gasteiger partial charge in [-0.05, 0) is 29.1 Å². The molecule has 0 aromatic carbocycles. The average Bonchev–Trinajstić information content (AvgIpc) is 2.64. The molecule has 0 atom stereocenters. The Hall–Kier alpha value is -1.54. The molecule has 0 spiro atoms. The number of rotatable bonds is 3. The molecule has 2 aromatic rings. The van der Waals surface area contributed by atoms with Crippen LogP contribution in [0.3, 0.4) is 0 Å². The van der Waals surface area contributed by atoms with Gasteiger partial charge in [0, 0.05) is 7.05 Å². The van der Waals surface area contributed by atoms with Crippen LogP contribution in [-0.2, 0) is 7.05 Å². The highest BCUT2D eigenvalue weighted by molar-refractivity contribution is 7.99. The molecule has 2 rings (SSSR count). The smallest absolute Gasteiger partial charge is 0.215 e. The van der Waals surface area contributed by atoms with E-state index in [1.807, 2.05) is 0 Å². The quantitative estimate of drug-likeness (QED) is 0.605. The molecule has 17 heavy (non-hydrogen) atoms. The van der Waals surface area contributed by atoms with Crippen molar-refractivity contribution in [3.63, 3.8) is 0 Å². The zero-order valence-corrected chi connectivity index (χ0v) is 10.5. The van der Waals surface area contributed by atoms with Crippen LogP contribution in [0.25, 0.3) is 0 Å². The van der Waals surface area contributed by atoms with E-state index in [-0.39, 0.29) is 10.7 Å². The maximum atomic E-state index is 10.9. The molecule has 0 N–H and O–H groups in total. The lowest BCUT2D eigenvalue weighted by Gasteiger charge is -2.04. The predicted molar refractivity (Wildman–Crippen MR) is 60.1 cm³/mol. The standard InChI is InChI=1S/C8H7ClN6OS/c1-4-10-6(9)5(3-16)7(11-4)17-8-12-13-14-15(8)2/h3H,1-2H3. The summed E-state index contributed by atoms with van der Waals surface area (Å²) >= 11 is 7.02. The normalized spacial score (nSPS) is 10.5. The molecule has 2 aromatic heterocycles. The Morgan fingerprint density at radius 1 is 1.41 bits per heavy atom. The van der Waals surface area contributed by atoms with E-state index in [9.17, 15) is 4.79 Å². The summed E-state index contributed by atoms with van der Waals surface area (Å²) in [5, 5.41) is 12.1. The monoisotopic (exact) mass is 270 g/mol. The summed E-state index contributed by atoms with van der Waals surface area (Å²) in [6, 6.07) is 0. The molecular weight excluding hydrogens is 264 g/mol. The number of tetrazole rings is 1. The van der Waals surface area contributed by atoms with Crippen molar-refractivity contribution >= 4 is 29.6 Å². The third-order valence-electron chi connectivity index (χ3n) is 1.86. The van der Waals surface area contributed by atoms with Gasteiger partial charge in [0.05, 0.1) is 5.56 Å². The number of aldehydes is 1. The average molecular weight is 271 g/mol. The van der Waals surface area contributed by atoms with Gasteiger partial charge in [-0.3, -0.25) is 4.79 Å². The Morgan fingerprint density at radius 2 is 2.18 bits per heavy atom. The van der Waals surface area contributed by atoms with Gasteiger partial charge in [0.15, 0.2) is 6.29 Å². The first-order chi connectivity index (χ1) is 8.11. The second-order valence-corrected chi connectivity index (χ2v) is 4.40. The first kappa shape index (κ1) is 11.9.